The summed E-state index contributed by atoms with van der Waals surface area (Å²) in [6.07, 6.45) is -13.2. The molecule has 0 heterocycles. The average molecular weight is 716 g/mol. The summed E-state index contributed by atoms with van der Waals surface area (Å²) in [4.78, 5) is 13.8. The monoisotopic (exact) mass is 715 g/mol. The van der Waals surface area contributed by atoms with E-state index in [1.807, 2.05) is 0 Å². The van der Waals surface area contributed by atoms with Crippen LogP contribution in [0, 0.1) is 11.6 Å². The van der Waals surface area contributed by atoms with E-state index in [4.69, 9.17) is 4.74 Å². The van der Waals surface area contributed by atoms with E-state index in [1.165, 1.54) is 0 Å². The molecule has 5 aromatic rings. The molecule has 0 aliphatic rings. The van der Waals surface area contributed by atoms with Crippen molar-refractivity contribution in [1.82, 2.24) is 5.32 Å². The lowest BCUT2D eigenvalue weighted by Gasteiger charge is -2.37. The second-order valence-electron chi connectivity index (χ2n) is 11.2. The number of alkyl halides is 6. The maximum Gasteiger partial charge on any atom is 0.429 e. The zero-order chi connectivity index (χ0) is 35.9. The zero-order valence-electron chi connectivity index (χ0n) is 26.0. The minimum absolute atomic E-state index is 0.479. The molecule has 0 aliphatic heterocycles. The average Bonchev–Trinajstić information content (AvgIpc) is 3.10. The van der Waals surface area contributed by atoms with E-state index < -0.39 is 69.8 Å². The molecule has 5 rings (SSSR count). The fourth-order valence-electron chi connectivity index (χ4n) is 5.56. The van der Waals surface area contributed by atoms with Gasteiger partial charge in [0.2, 0.25) is 6.10 Å². The summed E-state index contributed by atoms with van der Waals surface area (Å²) < 4.78 is 118. The summed E-state index contributed by atoms with van der Waals surface area (Å²) in [5.74, 6) is -3.82. The van der Waals surface area contributed by atoms with E-state index in [1.54, 1.807) is 91.0 Å². The Balaban J connectivity index is 1.61. The number of hydrogen-bond acceptors (Lipinski definition) is 4. The quantitative estimate of drug-likeness (QED) is 0.0793. The predicted molar refractivity (Wildman–Crippen MR) is 175 cm³/mol. The van der Waals surface area contributed by atoms with Crippen LogP contribution in [0.5, 0.6) is 0 Å². The molecule has 260 valence electrons. The summed E-state index contributed by atoms with van der Waals surface area (Å²) in [6, 6.07) is 28.6. The Morgan fingerprint density at radius 1 is 0.580 bits per heavy atom. The molecule has 0 fully saturated rings. The molecule has 0 aromatic heterocycles. The number of thioether (sulfide) groups is 1. The Kier molecular flexibility index (Phi) is 11.3. The van der Waals surface area contributed by atoms with Gasteiger partial charge < -0.3 is 4.74 Å². The molecule has 0 bridgehead atoms. The second-order valence-corrected chi connectivity index (χ2v) is 12.5. The first-order valence-electron chi connectivity index (χ1n) is 15.2. The summed E-state index contributed by atoms with van der Waals surface area (Å²) >= 11 is 1.03. The Morgan fingerprint density at radius 3 is 1.36 bits per heavy atom. The Morgan fingerprint density at radius 2 is 0.980 bits per heavy atom. The normalized spacial score (nSPS) is 14.1. The van der Waals surface area contributed by atoms with Crippen LogP contribution in [0.15, 0.2) is 140 Å². The van der Waals surface area contributed by atoms with Crippen molar-refractivity contribution in [2.45, 2.75) is 35.3 Å². The highest BCUT2D eigenvalue weighted by atomic mass is 32.2. The van der Waals surface area contributed by atoms with E-state index in [0.717, 1.165) is 60.3 Å². The van der Waals surface area contributed by atoms with Gasteiger partial charge in [-0.15, -0.1) is 11.8 Å². The van der Waals surface area contributed by atoms with E-state index in [9.17, 15) is 39.9 Å². The molecule has 50 heavy (non-hydrogen) atoms. The molecule has 0 saturated heterocycles. The third-order valence-electron chi connectivity index (χ3n) is 7.89. The number of halogens is 8. The largest absolute Gasteiger partial charge is 0.447 e. The van der Waals surface area contributed by atoms with Crippen molar-refractivity contribution < 1.29 is 44.7 Å². The van der Waals surface area contributed by atoms with Crippen LogP contribution in [0.1, 0.15) is 40.0 Å². The summed E-state index contributed by atoms with van der Waals surface area (Å²) in [5.41, 5.74) is 0.935. The number of carbonyl (C=O) groups excluding carboxylic acids is 1. The fourth-order valence-corrected chi connectivity index (χ4v) is 7.11. The molecular formula is C38H29F8NO2S. The lowest BCUT2D eigenvalue weighted by atomic mass is 9.84. The topological polar surface area (TPSA) is 38.3 Å². The van der Waals surface area contributed by atoms with Crippen LogP contribution in [0.4, 0.5) is 35.1 Å². The standard InChI is InChI=1S/C38H29F8NO2S/c39-30-20-16-25(17-21-30)33(37(41,42)43)47-32(35(48)49-34(38(44,45)46)26-18-22-31(40)23-19-26)24-50-36(27-10-4-1-5-11-27,28-12-6-2-7-13-28)29-14-8-3-9-15-29/h1-23,32-34,47H,24H2/t32-,33+,34-/m0/s1. The van der Waals surface area contributed by atoms with Gasteiger partial charge in [0.05, 0.1) is 4.75 Å². The van der Waals surface area contributed by atoms with Crippen molar-refractivity contribution in [2.75, 3.05) is 5.75 Å². The minimum Gasteiger partial charge on any atom is -0.447 e. The van der Waals surface area contributed by atoms with Gasteiger partial charge in [-0.05, 0) is 46.5 Å². The second kappa shape index (κ2) is 15.5. The number of carbonyl (C=O) groups is 1. The van der Waals surface area contributed by atoms with Gasteiger partial charge in [-0.25, -0.2) is 8.78 Å². The molecule has 0 aliphatic carbocycles. The molecule has 0 unspecified atom stereocenters. The molecule has 0 radical (unpaired) electrons. The van der Waals surface area contributed by atoms with Crippen LogP contribution >= 0.6 is 11.8 Å². The van der Waals surface area contributed by atoms with Crippen LogP contribution in [-0.2, 0) is 14.3 Å². The van der Waals surface area contributed by atoms with E-state index in [-0.39, 0.29) is 0 Å². The number of rotatable bonds is 12. The molecule has 0 amide bonds. The van der Waals surface area contributed by atoms with Gasteiger partial charge in [-0.1, -0.05) is 115 Å². The smallest absolute Gasteiger partial charge is 0.429 e. The number of benzene rings is 5. The maximum atomic E-state index is 14.6. The third kappa shape index (κ3) is 8.54. The van der Waals surface area contributed by atoms with Crippen LogP contribution in [0.3, 0.4) is 0 Å². The summed E-state index contributed by atoms with van der Waals surface area (Å²) in [6.45, 7) is 0. The minimum atomic E-state index is -5.20. The lowest BCUT2D eigenvalue weighted by molar-refractivity contribution is -0.225. The first-order valence-corrected chi connectivity index (χ1v) is 16.2. The van der Waals surface area contributed by atoms with Gasteiger partial charge in [0, 0.05) is 11.3 Å². The van der Waals surface area contributed by atoms with Gasteiger partial charge >= 0.3 is 18.3 Å². The Hall–Kier alpha value is -4.68. The molecule has 3 atom stereocenters. The Labute approximate surface area is 287 Å². The zero-order valence-corrected chi connectivity index (χ0v) is 26.8. The van der Waals surface area contributed by atoms with Gasteiger partial charge in [0.15, 0.2) is 0 Å². The first-order chi connectivity index (χ1) is 23.8. The molecule has 1 N–H and O–H groups in total. The molecule has 0 spiro atoms. The maximum absolute atomic E-state index is 14.6. The van der Waals surface area contributed by atoms with Crippen LogP contribution < -0.4 is 5.32 Å². The van der Waals surface area contributed by atoms with Gasteiger partial charge in [-0.2, -0.15) is 26.3 Å². The molecule has 0 saturated carbocycles. The number of esters is 1. The highest BCUT2D eigenvalue weighted by Gasteiger charge is 2.48. The van der Waals surface area contributed by atoms with Crippen molar-refractivity contribution in [1.29, 1.82) is 0 Å². The van der Waals surface area contributed by atoms with Gasteiger partial charge in [0.25, 0.3) is 0 Å². The predicted octanol–water partition coefficient (Wildman–Crippen LogP) is 10.1. The number of ether oxygens (including phenoxy) is 1. The number of nitrogens with one attached hydrogen (secondary N) is 1. The first kappa shape index (κ1) is 36.6. The molecule has 3 nitrogen and oxygen atoms in total. The van der Waals surface area contributed by atoms with Crippen molar-refractivity contribution in [3.8, 4) is 0 Å². The van der Waals surface area contributed by atoms with Crippen LogP contribution in [-0.4, -0.2) is 30.1 Å². The van der Waals surface area contributed by atoms with E-state index in [0.29, 0.717) is 16.7 Å². The third-order valence-corrected chi connectivity index (χ3v) is 9.53. The van der Waals surface area contributed by atoms with Crippen molar-refractivity contribution >= 4 is 17.7 Å². The van der Waals surface area contributed by atoms with Gasteiger partial charge in [0.1, 0.15) is 23.7 Å². The number of hydrogen-bond donors (Lipinski definition) is 1. The molecule has 12 heteroatoms. The summed E-state index contributed by atoms with van der Waals surface area (Å²) in [7, 11) is 0. The SMILES string of the molecule is O=C(O[C@@H](c1ccc(F)cc1)C(F)(F)F)[C@H](CSC(c1ccccc1)(c1ccccc1)c1ccccc1)N[C@H](c1ccc(F)cc1)C(F)(F)F. The van der Waals surface area contributed by atoms with E-state index in [2.05, 4.69) is 5.32 Å². The highest BCUT2D eigenvalue weighted by molar-refractivity contribution is 8.00. The Bertz CT molecular complexity index is 1720. The fraction of sp³-hybridized carbons (Fsp3) is 0.184. The molecule has 5 aromatic carbocycles. The van der Waals surface area contributed by atoms with Crippen LogP contribution in [0.2, 0.25) is 0 Å². The van der Waals surface area contributed by atoms with E-state index >= 15 is 0 Å². The lowest BCUT2D eigenvalue weighted by Crippen LogP contribution is -2.48. The highest BCUT2D eigenvalue weighted by Crippen LogP contribution is 2.49. The van der Waals surface area contributed by atoms with Crippen molar-refractivity contribution in [2.24, 2.45) is 0 Å². The van der Waals surface area contributed by atoms with Crippen molar-refractivity contribution in [3.63, 3.8) is 0 Å². The van der Waals surface area contributed by atoms with Crippen LogP contribution in [0.25, 0.3) is 0 Å². The molecular weight excluding hydrogens is 686 g/mol. The van der Waals surface area contributed by atoms with Crippen molar-refractivity contribution in [3.05, 3.63) is 179 Å². The van der Waals surface area contributed by atoms with Gasteiger partial charge in [-0.3, -0.25) is 10.1 Å². The summed E-state index contributed by atoms with van der Waals surface area (Å²) in [5, 5.41) is 2.20.